The van der Waals surface area contributed by atoms with E-state index < -0.39 is 0 Å². The summed E-state index contributed by atoms with van der Waals surface area (Å²) in [7, 11) is 0. The number of anilines is 1. The van der Waals surface area contributed by atoms with Crippen molar-refractivity contribution in [3.05, 3.63) is 54.4 Å². The summed E-state index contributed by atoms with van der Waals surface area (Å²) in [6.45, 7) is 0.856. The van der Waals surface area contributed by atoms with Crippen molar-refractivity contribution in [2.75, 3.05) is 5.73 Å². The molecular formula is C25H35N2O+. The van der Waals surface area contributed by atoms with Gasteiger partial charge in [-0.3, -0.25) is 0 Å². The molecule has 2 aliphatic rings. The molecule has 3 nitrogen and oxygen atoms in total. The average molecular weight is 380 g/mol. The minimum atomic E-state index is 0.415. The van der Waals surface area contributed by atoms with E-state index in [0.29, 0.717) is 6.10 Å². The van der Waals surface area contributed by atoms with E-state index in [1.807, 2.05) is 24.5 Å². The molecule has 0 bridgehead atoms. The van der Waals surface area contributed by atoms with Crippen molar-refractivity contribution < 1.29 is 9.30 Å². The SMILES string of the molecule is Nc1cc[n+](Cc2ccc(OC(C3CCCCC3)C3CCCCC3)cc2)cc1. The number of hydrogen-bond donors (Lipinski definition) is 1. The van der Waals surface area contributed by atoms with E-state index in [-0.39, 0.29) is 0 Å². The number of nitrogens with zero attached hydrogens (tertiary/aromatic N) is 1. The lowest BCUT2D eigenvalue weighted by atomic mass is 9.75. The van der Waals surface area contributed by atoms with Gasteiger partial charge in [-0.2, -0.15) is 0 Å². The van der Waals surface area contributed by atoms with Crippen LogP contribution in [0.5, 0.6) is 5.75 Å². The van der Waals surface area contributed by atoms with Gasteiger partial charge in [0.15, 0.2) is 18.9 Å². The van der Waals surface area contributed by atoms with E-state index in [2.05, 4.69) is 28.8 Å². The Kier molecular flexibility index (Phi) is 6.51. The molecule has 4 rings (SSSR count). The second-order valence-corrected chi connectivity index (χ2v) is 8.83. The summed E-state index contributed by atoms with van der Waals surface area (Å²) in [6.07, 6.45) is 18.2. The standard InChI is InChI=1S/C25H34N2O/c26-23-15-17-27(18-16-23)19-20-11-13-24(14-12-20)28-25(21-7-3-1-4-8-21)22-9-5-2-6-10-22/h11-18,21-22,25-26H,1-10,19H2/p+1. The summed E-state index contributed by atoms with van der Waals surface area (Å²) in [4.78, 5) is 0. The van der Waals surface area contributed by atoms with Gasteiger partial charge in [-0.15, -0.1) is 0 Å². The van der Waals surface area contributed by atoms with Crippen molar-refractivity contribution >= 4 is 5.69 Å². The Bertz CT molecular complexity index is 695. The summed E-state index contributed by atoms with van der Waals surface area (Å²) < 4.78 is 8.84. The third-order valence-electron chi connectivity index (χ3n) is 6.71. The van der Waals surface area contributed by atoms with Gasteiger partial charge in [0.25, 0.3) is 0 Å². The number of pyridine rings is 1. The zero-order valence-electron chi connectivity index (χ0n) is 17.1. The summed E-state index contributed by atoms with van der Waals surface area (Å²) in [5, 5.41) is 0. The number of hydrogen-bond acceptors (Lipinski definition) is 2. The van der Waals surface area contributed by atoms with Crippen molar-refractivity contribution in [3.8, 4) is 5.75 Å². The Balaban J connectivity index is 1.42. The van der Waals surface area contributed by atoms with E-state index >= 15 is 0 Å². The Labute approximate surface area is 169 Å². The van der Waals surface area contributed by atoms with Crippen molar-refractivity contribution in [2.45, 2.75) is 76.9 Å². The van der Waals surface area contributed by atoms with Crippen LogP contribution in [0.2, 0.25) is 0 Å². The molecule has 0 saturated heterocycles. The topological polar surface area (TPSA) is 39.1 Å². The monoisotopic (exact) mass is 379 g/mol. The molecular weight excluding hydrogens is 344 g/mol. The molecule has 2 fully saturated rings. The van der Waals surface area contributed by atoms with E-state index in [9.17, 15) is 0 Å². The van der Waals surface area contributed by atoms with Gasteiger partial charge < -0.3 is 10.5 Å². The van der Waals surface area contributed by atoms with Crippen LogP contribution in [0.1, 0.15) is 69.8 Å². The molecule has 0 spiro atoms. The molecule has 0 unspecified atom stereocenters. The second kappa shape index (κ2) is 9.45. The maximum Gasteiger partial charge on any atom is 0.173 e. The zero-order valence-corrected chi connectivity index (χ0v) is 17.1. The highest BCUT2D eigenvalue weighted by Gasteiger charge is 2.33. The molecule has 150 valence electrons. The van der Waals surface area contributed by atoms with Gasteiger partial charge >= 0.3 is 0 Å². The van der Waals surface area contributed by atoms with Crippen molar-refractivity contribution in [2.24, 2.45) is 11.8 Å². The average Bonchev–Trinajstić information content (AvgIpc) is 2.76. The highest BCUT2D eigenvalue weighted by atomic mass is 16.5. The van der Waals surface area contributed by atoms with Crippen LogP contribution in [-0.4, -0.2) is 6.10 Å². The number of aromatic nitrogens is 1. The summed E-state index contributed by atoms with van der Waals surface area (Å²) >= 11 is 0. The van der Waals surface area contributed by atoms with Crippen molar-refractivity contribution in [1.29, 1.82) is 0 Å². The van der Waals surface area contributed by atoms with Crippen molar-refractivity contribution in [3.63, 3.8) is 0 Å². The van der Waals surface area contributed by atoms with Gasteiger partial charge in [0, 0.05) is 23.4 Å². The third-order valence-corrected chi connectivity index (χ3v) is 6.71. The molecule has 2 aromatic rings. The first-order chi connectivity index (χ1) is 13.8. The predicted molar refractivity (Wildman–Crippen MR) is 114 cm³/mol. The number of nitrogens with two attached hydrogens (primary N) is 1. The van der Waals surface area contributed by atoms with Gasteiger partial charge in [-0.25, -0.2) is 4.57 Å². The molecule has 0 radical (unpaired) electrons. The van der Waals surface area contributed by atoms with E-state index in [1.54, 1.807) is 0 Å². The molecule has 2 saturated carbocycles. The first-order valence-electron chi connectivity index (χ1n) is 11.3. The highest BCUT2D eigenvalue weighted by Crippen LogP contribution is 2.38. The molecule has 3 heteroatoms. The number of ether oxygens (including phenoxy) is 1. The molecule has 0 atom stereocenters. The van der Waals surface area contributed by atoms with Crippen LogP contribution in [0.4, 0.5) is 5.69 Å². The van der Waals surface area contributed by atoms with Crippen LogP contribution < -0.4 is 15.0 Å². The fourth-order valence-corrected chi connectivity index (χ4v) is 5.12. The Morgan fingerprint density at radius 3 is 1.86 bits per heavy atom. The summed E-state index contributed by atoms with van der Waals surface area (Å²) in [5.41, 5.74) is 7.87. The van der Waals surface area contributed by atoms with Gasteiger partial charge in [0.2, 0.25) is 0 Å². The fraction of sp³-hybridized carbons (Fsp3) is 0.560. The van der Waals surface area contributed by atoms with Gasteiger partial charge in [0.1, 0.15) is 11.9 Å². The van der Waals surface area contributed by atoms with E-state index in [0.717, 1.165) is 29.8 Å². The lowest BCUT2D eigenvalue weighted by Crippen LogP contribution is -2.37. The van der Waals surface area contributed by atoms with E-state index in [4.69, 9.17) is 10.5 Å². The second-order valence-electron chi connectivity index (χ2n) is 8.83. The quantitative estimate of drug-likeness (QED) is 0.672. The Hall–Kier alpha value is -2.03. The molecule has 1 heterocycles. The van der Waals surface area contributed by atoms with Gasteiger partial charge in [-0.05, 0) is 61.8 Å². The third kappa shape index (κ3) is 5.06. The molecule has 2 aliphatic carbocycles. The van der Waals surface area contributed by atoms with Gasteiger partial charge in [0.05, 0.1) is 0 Å². The smallest absolute Gasteiger partial charge is 0.173 e. The predicted octanol–water partition coefficient (Wildman–Crippen LogP) is 5.51. The molecule has 1 aromatic heterocycles. The molecule has 28 heavy (non-hydrogen) atoms. The molecule has 1 aromatic carbocycles. The Morgan fingerprint density at radius 1 is 0.786 bits per heavy atom. The van der Waals surface area contributed by atoms with Crippen LogP contribution in [-0.2, 0) is 6.54 Å². The number of rotatable bonds is 6. The van der Waals surface area contributed by atoms with Crippen LogP contribution in [0.3, 0.4) is 0 Å². The number of nitrogen functional groups attached to an aromatic ring is 1. The molecule has 0 aliphatic heterocycles. The minimum absolute atomic E-state index is 0.415. The van der Waals surface area contributed by atoms with Crippen LogP contribution in [0.15, 0.2) is 48.8 Å². The highest BCUT2D eigenvalue weighted by molar-refractivity contribution is 5.32. The first-order valence-corrected chi connectivity index (χ1v) is 11.3. The Morgan fingerprint density at radius 2 is 1.32 bits per heavy atom. The fourth-order valence-electron chi connectivity index (χ4n) is 5.12. The normalized spacial score (nSPS) is 19.0. The maximum absolute atomic E-state index is 6.69. The largest absolute Gasteiger partial charge is 0.490 e. The first kappa shape index (κ1) is 19.3. The molecule has 2 N–H and O–H groups in total. The zero-order chi connectivity index (χ0) is 19.2. The van der Waals surface area contributed by atoms with Crippen LogP contribution >= 0.6 is 0 Å². The number of benzene rings is 1. The lowest BCUT2D eigenvalue weighted by Gasteiger charge is -2.37. The van der Waals surface area contributed by atoms with E-state index in [1.165, 1.54) is 69.8 Å². The lowest BCUT2D eigenvalue weighted by molar-refractivity contribution is -0.688. The van der Waals surface area contributed by atoms with Crippen molar-refractivity contribution in [1.82, 2.24) is 0 Å². The summed E-state index contributed by atoms with van der Waals surface area (Å²) in [5.74, 6) is 2.55. The molecule has 0 amide bonds. The van der Waals surface area contributed by atoms with Gasteiger partial charge in [-0.1, -0.05) is 38.5 Å². The minimum Gasteiger partial charge on any atom is -0.490 e. The maximum atomic E-state index is 6.69. The summed E-state index contributed by atoms with van der Waals surface area (Å²) in [6, 6.07) is 12.6. The van der Waals surface area contributed by atoms with Crippen LogP contribution in [0.25, 0.3) is 0 Å². The van der Waals surface area contributed by atoms with Crippen LogP contribution in [0, 0.1) is 11.8 Å².